The third-order valence-electron chi connectivity index (χ3n) is 9.38. The first-order valence-corrected chi connectivity index (χ1v) is 16.9. The molecule has 0 saturated carbocycles. The zero-order valence-corrected chi connectivity index (χ0v) is 29.8. The molecule has 0 spiro atoms. The van der Waals surface area contributed by atoms with E-state index < -0.39 is 5.91 Å². The monoisotopic (exact) mass is 674 g/mol. The summed E-state index contributed by atoms with van der Waals surface area (Å²) in [6.07, 6.45) is 4.83. The van der Waals surface area contributed by atoms with Gasteiger partial charge in [0.15, 0.2) is 0 Å². The Labute approximate surface area is 294 Å². The number of anilines is 2. The van der Waals surface area contributed by atoms with Crippen molar-refractivity contribution >= 4 is 29.1 Å². The Balaban J connectivity index is 1.41. The smallest absolute Gasteiger partial charge is 0.255 e. The zero-order valence-electron chi connectivity index (χ0n) is 29.8. The zero-order chi connectivity index (χ0) is 36.2. The molecule has 0 unspecified atom stereocenters. The maximum Gasteiger partial charge on any atom is 0.255 e. The van der Waals surface area contributed by atoms with E-state index in [2.05, 4.69) is 38.0 Å². The number of nitrogens with one attached hydrogen (secondary N) is 2. The van der Waals surface area contributed by atoms with Crippen molar-refractivity contribution in [3.63, 3.8) is 0 Å². The largest absolute Gasteiger partial charge is 0.381 e. The molecule has 0 radical (unpaired) electrons. The summed E-state index contributed by atoms with van der Waals surface area (Å²) in [5.41, 5.74) is 6.82. The normalized spacial score (nSPS) is 13.5. The Kier molecular flexibility index (Phi) is 10.9. The number of hydrogen-bond acceptors (Lipinski definition) is 5. The van der Waals surface area contributed by atoms with Gasteiger partial charge in [-0.3, -0.25) is 19.2 Å². The Morgan fingerprint density at radius 3 is 2.30 bits per heavy atom. The van der Waals surface area contributed by atoms with Crippen molar-refractivity contribution in [3.05, 3.63) is 129 Å². The summed E-state index contributed by atoms with van der Waals surface area (Å²) in [7, 11) is 3.39. The fourth-order valence-electron chi connectivity index (χ4n) is 6.31. The number of likely N-dealkylation sites (tertiary alicyclic amines) is 1. The summed E-state index contributed by atoms with van der Waals surface area (Å²) in [5, 5.41) is 5.85. The summed E-state index contributed by atoms with van der Waals surface area (Å²) in [6.45, 7) is 13.0. The van der Waals surface area contributed by atoms with E-state index in [4.69, 9.17) is 4.74 Å². The first kappa shape index (κ1) is 36.0. The van der Waals surface area contributed by atoms with Crippen molar-refractivity contribution in [3.8, 4) is 11.1 Å². The van der Waals surface area contributed by atoms with Gasteiger partial charge in [-0.1, -0.05) is 57.7 Å². The molecular weight excluding hydrogens is 628 g/mol. The Morgan fingerprint density at radius 1 is 0.960 bits per heavy atom. The molecule has 5 rings (SSSR count). The van der Waals surface area contributed by atoms with E-state index in [-0.39, 0.29) is 35.3 Å². The molecule has 260 valence electrons. The lowest BCUT2D eigenvalue weighted by atomic mass is 9.86. The van der Waals surface area contributed by atoms with E-state index in [1.807, 2.05) is 61.5 Å². The molecule has 0 atom stereocenters. The molecule has 1 saturated heterocycles. The molecule has 0 bridgehead atoms. The number of piperidine rings is 1. The van der Waals surface area contributed by atoms with E-state index >= 15 is 0 Å². The van der Waals surface area contributed by atoms with Gasteiger partial charge in [-0.2, -0.15) is 0 Å². The number of pyridine rings is 1. The Bertz CT molecular complexity index is 1980. The molecule has 4 aromatic rings. The number of ether oxygens (including phenoxy) is 1. The van der Waals surface area contributed by atoms with E-state index in [0.29, 0.717) is 41.2 Å². The van der Waals surface area contributed by atoms with Gasteiger partial charge in [-0.15, -0.1) is 0 Å². The predicted octanol–water partition coefficient (Wildman–Crippen LogP) is 6.88. The average molecular weight is 675 g/mol. The van der Waals surface area contributed by atoms with Crippen LogP contribution in [0.3, 0.4) is 0 Å². The molecular formula is C41H46N4O5. The number of amides is 3. The van der Waals surface area contributed by atoms with Gasteiger partial charge in [0, 0.05) is 56.7 Å². The number of rotatable bonds is 9. The van der Waals surface area contributed by atoms with Crippen molar-refractivity contribution in [2.45, 2.75) is 58.5 Å². The van der Waals surface area contributed by atoms with Crippen LogP contribution in [-0.2, 0) is 28.4 Å². The highest BCUT2D eigenvalue weighted by Crippen LogP contribution is 2.30. The molecule has 2 N–H and O–H groups in total. The Hall–Kier alpha value is -5.28. The molecule has 9 nitrogen and oxygen atoms in total. The van der Waals surface area contributed by atoms with Crippen LogP contribution in [-0.4, -0.2) is 53.5 Å². The van der Waals surface area contributed by atoms with E-state index in [9.17, 15) is 19.2 Å². The van der Waals surface area contributed by atoms with Gasteiger partial charge in [-0.25, -0.2) is 0 Å². The van der Waals surface area contributed by atoms with Crippen molar-refractivity contribution in [2.24, 2.45) is 7.05 Å². The topological polar surface area (TPSA) is 110 Å². The molecule has 1 aliphatic rings. The SMILES string of the molecule is C=CC(=O)Nc1cc(Cc2cc(-c3cccc(NC(=O)c4ccc(C(C)(C)C)cc4)c3C)cn(C)c2=O)ccc1C(=O)N1CCC(OC)CC1. The number of benzene rings is 3. The molecule has 1 aromatic heterocycles. The van der Waals surface area contributed by atoms with E-state index in [0.717, 1.165) is 46.7 Å². The second-order valence-corrected chi connectivity index (χ2v) is 13.9. The fourth-order valence-corrected chi connectivity index (χ4v) is 6.31. The van der Waals surface area contributed by atoms with Crippen molar-refractivity contribution in [2.75, 3.05) is 30.8 Å². The van der Waals surface area contributed by atoms with Crippen LogP contribution in [0.4, 0.5) is 11.4 Å². The number of carbonyl (C=O) groups is 3. The quantitative estimate of drug-likeness (QED) is 0.188. The van der Waals surface area contributed by atoms with Gasteiger partial charge in [0.1, 0.15) is 0 Å². The highest BCUT2D eigenvalue weighted by atomic mass is 16.5. The van der Waals surface area contributed by atoms with Gasteiger partial charge in [0.2, 0.25) is 5.91 Å². The molecule has 3 amide bonds. The highest BCUT2D eigenvalue weighted by Gasteiger charge is 2.26. The minimum atomic E-state index is -0.434. The summed E-state index contributed by atoms with van der Waals surface area (Å²) >= 11 is 0. The first-order valence-electron chi connectivity index (χ1n) is 16.9. The van der Waals surface area contributed by atoms with Gasteiger partial charge >= 0.3 is 0 Å². The molecule has 2 heterocycles. The third-order valence-corrected chi connectivity index (χ3v) is 9.38. The number of aromatic nitrogens is 1. The number of hydrogen-bond donors (Lipinski definition) is 2. The van der Waals surface area contributed by atoms with E-state index in [1.165, 1.54) is 0 Å². The van der Waals surface area contributed by atoms with Crippen LogP contribution in [0, 0.1) is 6.92 Å². The third kappa shape index (κ3) is 8.12. The summed E-state index contributed by atoms with van der Waals surface area (Å²) < 4.78 is 7.00. The molecule has 1 fully saturated rings. The van der Waals surface area contributed by atoms with Crippen LogP contribution in [0.15, 0.2) is 90.4 Å². The number of carbonyl (C=O) groups excluding carboxylic acids is 3. The molecule has 9 heteroatoms. The summed E-state index contributed by atoms with van der Waals surface area (Å²) in [4.78, 5) is 54.3. The second kappa shape index (κ2) is 15.1. The van der Waals surface area contributed by atoms with E-state index in [1.54, 1.807) is 42.0 Å². The van der Waals surface area contributed by atoms with Gasteiger partial charge < -0.3 is 24.8 Å². The average Bonchev–Trinajstić information content (AvgIpc) is 3.10. The van der Waals surface area contributed by atoms with Crippen molar-refractivity contribution < 1.29 is 19.1 Å². The number of aryl methyl sites for hydroxylation is 1. The molecule has 1 aliphatic heterocycles. The number of methoxy groups -OCH3 is 1. The maximum atomic E-state index is 13.5. The van der Waals surface area contributed by atoms with Gasteiger partial charge in [0.05, 0.1) is 17.4 Å². The van der Waals surface area contributed by atoms with Crippen molar-refractivity contribution in [1.82, 2.24) is 9.47 Å². The lowest BCUT2D eigenvalue weighted by Crippen LogP contribution is -2.40. The van der Waals surface area contributed by atoms with Crippen LogP contribution in [0.5, 0.6) is 0 Å². The molecule has 50 heavy (non-hydrogen) atoms. The molecule has 0 aliphatic carbocycles. The van der Waals surface area contributed by atoms with Gasteiger partial charge in [-0.05, 0) is 95.5 Å². The molecule has 3 aromatic carbocycles. The van der Waals surface area contributed by atoms with Crippen LogP contribution < -0.4 is 16.2 Å². The van der Waals surface area contributed by atoms with Crippen LogP contribution in [0.2, 0.25) is 0 Å². The maximum absolute atomic E-state index is 13.5. The Morgan fingerprint density at radius 2 is 1.66 bits per heavy atom. The highest BCUT2D eigenvalue weighted by molar-refractivity contribution is 6.07. The van der Waals surface area contributed by atoms with Crippen LogP contribution in [0.25, 0.3) is 11.1 Å². The van der Waals surface area contributed by atoms with Crippen LogP contribution in [0.1, 0.15) is 76.6 Å². The first-order chi connectivity index (χ1) is 23.8. The lowest BCUT2D eigenvalue weighted by Gasteiger charge is -2.31. The van der Waals surface area contributed by atoms with Gasteiger partial charge in [0.25, 0.3) is 17.4 Å². The second-order valence-electron chi connectivity index (χ2n) is 13.9. The minimum Gasteiger partial charge on any atom is -0.381 e. The lowest BCUT2D eigenvalue weighted by molar-refractivity contribution is -0.111. The minimum absolute atomic E-state index is 0.0111. The van der Waals surface area contributed by atoms with Crippen molar-refractivity contribution in [1.29, 1.82) is 0 Å². The summed E-state index contributed by atoms with van der Waals surface area (Å²) in [6, 6.07) is 20.5. The van der Waals surface area contributed by atoms with Crippen LogP contribution >= 0.6 is 0 Å². The summed E-state index contributed by atoms with van der Waals surface area (Å²) in [5.74, 6) is -0.808. The fraction of sp³-hybridized carbons (Fsp3) is 0.317. The number of nitrogens with zero attached hydrogens (tertiary/aromatic N) is 2. The predicted molar refractivity (Wildman–Crippen MR) is 199 cm³/mol. The standard InChI is InChI=1S/C41H46N4O5/c1-8-37(46)42-36-23-27(12-17-34(36)40(49)45-20-18-32(50-7)19-21-45)22-29-24-30(25-44(6)39(29)48)33-10-9-11-35(26(33)2)43-38(47)28-13-15-31(16-14-28)41(3,4)5/h8-17,23-25,32H,1,18-22H2,2-7H3,(H,42,46)(H,43,47).